The number of hydrogen-bond donors (Lipinski definition) is 3. The van der Waals surface area contributed by atoms with Gasteiger partial charge in [0.2, 0.25) is 0 Å². The van der Waals surface area contributed by atoms with Gasteiger partial charge in [-0.1, -0.05) is 30.8 Å². The molecule has 0 radical (unpaired) electrons. The molecule has 0 aliphatic heterocycles. The molecule has 3 aromatic rings. The SMILES string of the molecule is C=C(NCCc1c(C)[nH]c2c(F)ccc(C)c12)/C(C)=C(/C=C(\C)c1ccccc1OC(F)(F)F)\N=C/N. The summed E-state index contributed by atoms with van der Waals surface area (Å²) >= 11 is 0. The minimum atomic E-state index is -4.81. The molecule has 0 fully saturated rings. The Hall–Kier alpha value is -4.01. The molecule has 9 heteroatoms. The fourth-order valence-electron chi connectivity index (χ4n) is 4.19. The highest BCUT2D eigenvalue weighted by Crippen LogP contribution is 2.32. The minimum absolute atomic E-state index is 0.272. The molecule has 196 valence electrons. The van der Waals surface area contributed by atoms with Crippen LogP contribution in [0.1, 0.15) is 36.2 Å². The molecule has 0 amide bonds. The largest absolute Gasteiger partial charge is 0.573 e. The molecule has 0 aliphatic carbocycles. The first kappa shape index (κ1) is 27.6. The van der Waals surface area contributed by atoms with Crippen molar-refractivity contribution in [3.8, 4) is 5.75 Å². The van der Waals surface area contributed by atoms with E-state index in [0.717, 1.165) is 28.5 Å². The Morgan fingerprint density at radius 2 is 1.86 bits per heavy atom. The van der Waals surface area contributed by atoms with Crippen molar-refractivity contribution < 1.29 is 22.3 Å². The Balaban J connectivity index is 1.82. The van der Waals surface area contributed by atoms with Crippen molar-refractivity contribution in [3.05, 3.63) is 94.2 Å². The molecule has 3 rings (SSSR count). The lowest BCUT2D eigenvalue weighted by Gasteiger charge is -2.15. The van der Waals surface area contributed by atoms with Crippen LogP contribution in [0.4, 0.5) is 17.6 Å². The number of benzene rings is 2. The van der Waals surface area contributed by atoms with E-state index in [9.17, 15) is 17.6 Å². The van der Waals surface area contributed by atoms with Gasteiger partial charge in [-0.3, -0.25) is 0 Å². The van der Waals surface area contributed by atoms with Crippen LogP contribution in [0.2, 0.25) is 0 Å². The Morgan fingerprint density at radius 3 is 2.54 bits per heavy atom. The number of halogens is 4. The number of allylic oxidation sites excluding steroid dienone is 3. The Bertz CT molecular complexity index is 1400. The molecule has 0 atom stereocenters. The van der Waals surface area contributed by atoms with Crippen molar-refractivity contribution in [2.75, 3.05) is 6.54 Å². The lowest BCUT2D eigenvalue weighted by molar-refractivity contribution is -0.274. The van der Waals surface area contributed by atoms with Crippen LogP contribution < -0.4 is 15.8 Å². The molecule has 37 heavy (non-hydrogen) atoms. The molecule has 0 spiro atoms. The van der Waals surface area contributed by atoms with E-state index >= 15 is 0 Å². The zero-order valence-corrected chi connectivity index (χ0v) is 21.2. The highest BCUT2D eigenvalue weighted by atomic mass is 19.4. The number of rotatable bonds is 9. The molecule has 0 saturated heterocycles. The first-order valence-electron chi connectivity index (χ1n) is 11.6. The summed E-state index contributed by atoms with van der Waals surface area (Å²) in [4.78, 5) is 7.33. The van der Waals surface area contributed by atoms with Crippen LogP contribution in [0.3, 0.4) is 0 Å². The lowest BCUT2D eigenvalue weighted by atomic mass is 10.0. The summed E-state index contributed by atoms with van der Waals surface area (Å²) in [6, 6.07) is 9.09. The molecule has 1 heterocycles. The van der Waals surface area contributed by atoms with Crippen molar-refractivity contribution >= 4 is 22.8 Å². The number of fused-ring (bicyclic) bond motifs is 1. The fraction of sp³-hybridized carbons (Fsp3) is 0.250. The molecule has 0 unspecified atom stereocenters. The molecule has 0 aliphatic rings. The quantitative estimate of drug-likeness (QED) is 0.127. The van der Waals surface area contributed by atoms with E-state index in [1.54, 1.807) is 32.1 Å². The second-order valence-corrected chi connectivity index (χ2v) is 8.66. The zero-order valence-electron chi connectivity index (χ0n) is 21.2. The van der Waals surface area contributed by atoms with Crippen LogP contribution in [0.15, 0.2) is 71.0 Å². The topological polar surface area (TPSA) is 75.4 Å². The number of nitrogens with two attached hydrogens (primary N) is 1. The van der Waals surface area contributed by atoms with Gasteiger partial charge in [0.25, 0.3) is 0 Å². The third-order valence-electron chi connectivity index (χ3n) is 6.08. The van der Waals surface area contributed by atoms with Gasteiger partial charge < -0.3 is 20.8 Å². The van der Waals surface area contributed by atoms with E-state index in [1.165, 1.54) is 24.3 Å². The summed E-state index contributed by atoms with van der Waals surface area (Å²) in [5.74, 6) is -0.602. The molecule has 1 aromatic heterocycles. The van der Waals surface area contributed by atoms with Crippen molar-refractivity contribution in [1.29, 1.82) is 0 Å². The summed E-state index contributed by atoms with van der Waals surface area (Å²) < 4.78 is 57.0. The lowest BCUT2D eigenvalue weighted by Crippen LogP contribution is -2.18. The normalized spacial score (nSPS) is 13.2. The zero-order chi connectivity index (χ0) is 27.3. The highest BCUT2D eigenvalue weighted by Gasteiger charge is 2.32. The van der Waals surface area contributed by atoms with Crippen molar-refractivity contribution in [1.82, 2.24) is 10.3 Å². The van der Waals surface area contributed by atoms with Gasteiger partial charge in [0.05, 0.1) is 17.6 Å². The van der Waals surface area contributed by atoms with E-state index in [1.807, 2.05) is 13.8 Å². The second-order valence-electron chi connectivity index (χ2n) is 8.66. The van der Waals surface area contributed by atoms with Crippen LogP contribution >= 0.6 is 0 Å². The number of nitrogens with zero attached hydrogens (tertiary/aromatic N) is 1. The summed E-state index contributed by atoms with van der Waals surface area (Å²) in [5.41, 5.74) is 11.4. The molecule has 2 aromatic carbocycles. The van der Waals surface area contributed by atoms with E-state index in [0.29, 0.717) is 41.0 Å². The van der Waals surface area contributed by atoms with Gasteiger partial charge in [0.15, 0.2) is 0 Å². The first-order valence-corrected chi connectivity index (χ1v) is 11.6. The molecule has 0 bridgehead atoms. The van der Waals surface area contributed by atoms with E-state index < -0.39 is 6.36 Å². The third-order valence-corrected chi connectivity index (χ3v) is 6.08. The number of aromatic nitrogens is 1. The minimum Gasteiger partial charge on any atom is -0.405 e. The van der Waals surface area contributed by atoms with Crippen LogP contribution in [-0.2, 0) is 6.42 Å². The smallest absolute Gasteiger partial charge is 0.405 e. The average Bonchev–Trinajstić information content (AvgIpc) is 3.17. The summed E-state index contributed by atoms with van der Waals surface area (Å²) in [6.07, 6.45) is -1.46. The average molecular weight is 515 g/mol. The number of H-pyrrole nitrogens is 1. The van der Waals surface area contributed by atoms with Gasteiger partial charge in [-0.05, 0) is 74.6 Å². The highest BCUT2D eigenvalue weighted by molar-refractivity contribution is 5.88. The van der Waals surface area contributed by atoms with Crippen molar-refractivity contribution in [2.45, 2.75) is 40.5 Å². The van der Waals surface area contributed by atoms with Crippen molar-refractivity contribution in [2.24, 2.45) is 10.7 Å². The molecule has 0 saturated carbocycles. The Labute approximate surface area is 213 Å². The standard InChI is InChI=1S/C28H30F4N4O/c1-16-10-11-23(29)27-26(16)22(20(5)36-27)12-13-34-19(4)18(3)24(35-15-33)14-17(2)21-8-6-7-9-25(21)37-28(30,31)32/h6-11,14-15,34,36H,4,12-13H2,1-3,5H3,(H2,33,35)/b17-14+,24-18-. The number of hydrogen-bond acceptors (Lipinski definition) is 3. The Morgan fingerprint density at radius 1 is 1.16 bits per heavy atom. The van der Waals surface area contributed by atoms with Gasteiger partial charge in [-0.25, -0.2) is 9.38 Å². The monoisotopic (exact) mass is 514 g/mol. The summed E-state index contributed by atoms with van der Waals surface area (Å²) in [6.45, 7) is 11.9. The predicted octanol–water partition coefficient (Wildman–Crippen LogP) is 6.83. The first-order chi connectivity index (χ1) is 17.4. The number of aliphatic imine (C=N–C) groups is 1. The Kier molecular flexibility index (Phi) is 8.47. The van der Waals surface area contributed by atoms with E-state index in [4.69, 9.17) is 5.73 Å². The number of alkyl halides is 3. The fourth-order valence-corrected chi connectivity index (χ4v) is 4.19. The molecular formula is C28H30F4N4O. The molecular weight excluding hydrogens is 484 g/mol. The van der Waals surface area contributed by atoms with Gasteiger partial charge in [0, 0.05) is 28.9 Å². The van der Waals surface area contributed by atoms with Crippen LogP contribution in [0.25, 0.3) is 16.5 Å². The van der Waals surface area contributed by atoms with Gasteiger partial charge in [-0.15, -0.1) is 13.2 Å². The summed E-state index contributed by atoms with van der Waals surface area (Å²) in [5, 5.41) is 4.14. The van der Waals surface area contributed by atoms with E-state index in [2.05, 4.69) is 26.6 Å². The number of para-hydroxylation sites is 1. The predicted molar refractivity (Wildman–Crippen MR) is 141 cm³/mol. The number of ether oxygens (including phenoxy) is 1. The van der Waals surface area contributed by atoms with Crippen LogP contribution in [0, 0.1) is 19.7 Å². The summed E-state index contributed by atoms with van der Waals surface area (Å²) in [7, 11) is 0. The van der Waals surface area contributed by atoms with Gasteiger partial charge in [-0.2, -0.15) is 0 Å². The molecule has 4 N–H and O–H groups in total. The molecule has 5 nitrogen and oxygen atoms in total. The van der Waals surface area contributed by atoms with E-state index in [-0.39, 0.29) is 17.1 Å². The number of nitrogens with one attached hydrogen (secondary N) is 2. The third kappa shape index (κ3) is 6.61. The van der Waals surface area contributed by atoms with Crippen LogP contribution in [0.5, 0.6) is 5.75 Å². The van der Waals surface area contributed by atoms with Gasteiger partial charge in [0.1, 0.15) is 11.6 Å². The second kappa shape index (κ2) is 11.4. The maximum Gasteiger partial charge on any atom is 0.573 e. The number of aromatic amines is 1. The van der Waals surface area contributed by atoms with Gasteiger partial charge >= 0.3 is 6.36 Å². The maximum absolute atomic E-state index is 14.3. The van der Waals surface area contributed by atoms with Crippen molar-refractivity contribution in [3.63, 3.8) is 0 Å². The number of aryl methyl sites for hydroxylation is 2. The maximum atomic E-state index is 14.3. The van der Waals surface area contributed by atoms with Crippen LogP contribution in [-0.4, -0.2) is 24.2 Å².